The summed E-state index contributed by atoms with van der Waals surface area (Å²) in [5, 5.41) is 54.3. The molecule has 0 radical (unpaired) electrons. The number of carboxylic acids is 2. The van der Waals surface area contributed by atoms with E-state index in [1.165, 1.54) is 24.3 Å². The topological polar surface area (TPSA) is 272 Å². The number of hydrogen-bond acceptors (Lipinski definition) is 11. The molecule has 54 heavy (non-hydrogen) atoms. The monoisotopic (exact) mass is 751 g/mol. The van der Waals surface area contributed by atoms with Gasteiger partial charge in [-0.05, 0) is 47.6 Å². The molecule has 290 valence electrons. The number of nitrogens with zero attached hydrogens (tertiary/aromatic N) is 2. The number of aliphatic carboxylic acids is 2. The van der Waals surface area contributed by atoms with E-state index in [1.54, 1.807) is 24.3 Å². The van der Waals surface area contributed by atoms with Gasteiger partial charge in [0, 0.05) is 42.8 Å². The molecule has 7 N–H and O–H groups in total. The zero-order valence-corrected chi connectivity index (χ0v) is 30.5. The third-order valence-electron chi connectivity index (χ3n) is 7.22. The fraction of sp³-hybridized carbons (Fsp3) is 0.417. The standard InChI is InChI=1S/C36H45N7O11/c1-22(2)18-29(33(46)41-28(35(49)50)9-7-6-8-27(34(47)48)39-32(45)20-36(3,4)5)40-31(44)19-23-10-12-24(13-11-23)37-30(21-42(51)52)38-25-14-16-26(17-15-25)43(53)54/h10-17,21-22,27-29,37-38H,8-9,18-20H2,1-5H3,(H,39,45)(H,40,44)(H,41,46)(H,47,48)(H,49,50)/b30-21-. The molecule has 0 heterocycles. The molecule has 0 aromatic heterocycles. The number of nitro groups is 2. The zero-order valence-electron chi connectivity index (χ0n) is 30.5. The first-order valence-corrected chi connectivity index (χ1v) is 16.8. The van der Waals surface area contributed by atoms with E-state index < -0.39 is 57.6 Å². The molecule has 0 aliphatic carbocycles. The summed E-state index contributed by atoms with van der Waals surface area (Å²) >= 11 is 0. The lowest BCUT2D eigenvalue weighted by Gasteiger charge is -2.22. The van der Waals surface area contributed by atoms with Gasteiger partial charge in [-0.3, -0.25) is 34.6 Å². The van der Waals surface area contributed by atoms with Gasteiger partial charge in [0.2, 0.25) is 17.7 Å². The quantitative estimate of drug-likeness (QED) is 0.0615. The van der Waals surface area contributed by atoms with Gasteiger partial charge in [-0.15, -0.1) is 11.8 Å². The average molecular weight is 752 g/mol. The van der Waals surface area contributed by atoms with Crippen LogP contribution in [0.2, 0.25) is 0 Å². The van der Waals surface area contributed by atoms with Crippen LogP contribution in [0.4, 0.5) is 17.1 Å². The maximum atomic E-state index is 13.2. The summed E-state index contributed by atoms with van der Waals surface area (Å²) in [6, 6.07) is 7.65. The van der Waals surface area contributed by atoms with Crippen molar-refractivity contribution in [2.45, 2.75) is 84.8 Å². The van der Waals surface area contributed by atoms with Crippen LogP contribution in [0, 0.1) is 43.4 Å². The normalized spacial score (nSPS) is 12.9. The molecule has 0 saturated heterocycles. The molecule has 0 saturated carbocycles. The summed E-state index contributed by atoms with van der Waals surface area (Å²) in [6.07, 6.45) is 0.134. The van der Waals surface area contributed by atoms with Gasteiger partial charge in [-0.2, -0.15) is 0 Å². The van der Waals surface area contributed by atoms with Crippen LogP contribution in [-0.4, -0.2) is 67.8 Å². The van der Waals surface area contributed by atoms with E-state index in [1.807, 2.05) is 34.6 Å². The van der Waals surface area contributed by atoms with Gasteiger partial charge in [0.25, 0.3) is 11.9 Å². The van der Waals surface area contributed by atoms with Crippen molar-refractivity contribution < 1.29 is 44.0 Å². The van der Waals surface area contributed by atoms with Gasteiger partial charge in [-0.1, -0.05) is 46.8 Å². The highest BCUT2D eigenvalue weighted by molar-refractivity contribution is 5.91. The average Bonchev–Trinajstić information content (AvgIpc) is 3.04. The van der Waals surface area contributed by atoms with Crippen molar-refractivity contribution in [3.8, 4) is 11.8 Å². The van der Waals surface area contributed by atoms with Crippen LogP contribution in [0.3, 0.4) is 0 Å². The van der Waals surface area contributed by atoms with Crippen LogP contribution < -0.4 is 26.6 Å². The van der Waals surface area contributed by atoms with Crippen LogP contribution in [0.1, 0.15) is 65.9 Å². The number of carboxylic acid groups (broad SMARTS) is 2. The number of anilines is 2. The number of carbonyl (C=O) groups is 5. The summed E-state index contributed by atoms with van der Waals surface area (Å²) in [6.45, 7) is 9.10. The molecule has 0 aliphatic rings. The maximum absolute atomic E-state index is 13.2. The van der Waals surface area contributed by atoms with E-state index in [2.05, 4.69) is 38.4 Å². The second-order valence-corrected chi connectivity index (χ2v) is 13.9. The molecule has 0 aliphatic heterocycles. The first kappa shape index (κ1) is 43.7. The molecule has 0 fully saturated rings. The highest BCUT2D eigenvalue weighted by Gasteiger charge is 2.27. The Morgan fingerprint density at radius 1 is 0.759 bits per heavy atom. The summed E-state index contributed by atoms with van der Waals surface area (Å²) in [7, 11) is 0. The minimum absolute atomic E-state index is 0.0444. The Bertz CT molecular complexity index is 1770. The Morgan fingerprint density at radius 2 is 1.24 bits per heavy atom. The first-order valence-electron chi connectivity index (χ1n) is 16.8. The Hall–Kier alpha value is -6.51. The summed E-state index contributed by atoms with van der Waals surface area (Å²) in [4.78, 5) is 82.7. The van der Waals surface area contributed by atoms with Crippen molar-refractivity contribution >= 4 is 46.7 Å². The van der Waals surface area contributed by atoms with E-state index in [0.717, 1.165) is 0 Å². The van der Waals surface area contributed by atoms with Gasteiger partial charge in [0.05, 0.1) is 16.3 Å². The molecular formula is C36H45N7O11. The van der Waals surface area contributed by atoms with Crippen molar-refractivity contribution in [3.05, 3.63) is 86.3 Å². The number of amides is 3. The number of benzene rings is 2. The molecule has 2 aromatic rings. The van der Waals surface area contributed by atoms with Gasteiger partial charge in [0.1, 0.15) is 18.1 Å². The van der Waals surface area contributed by atoms with E-state index in [9.17, 15) is 54.4 Å². The number of rotatable bonds is 19. The maximum Gasteiger partial charge on any atom is 0.327 e. The zero-order chi connectivity index (χ0) is 40.6. The predicted octanol–water partition coefficient (Wildman–Crippen LogP) is 3.63. The smallest absolute Gasteiger partial charge is 0.327 e. The fourth-order valence-electron chi connectivity index (χ4n) is 4.77. The Kier molecular flexibility index (Phi) is 16.6. The van der Waals surface area contributed by atoms with Gasteiger partial charge in [0.15, 0.2) is 5.82 Å². The summed E-state index contributed by atoms with van der Waals surface area (Å²) < 4.78 is 0. The first-order chi connectivity index (χ1) is 25.2. The highest BCUT2D eigenvalue weighted by Crippen LogP contribution is 2.20. The Morgan fingerprint density at radius 3 is 1.69 bits per heavy atom. The van der Waals surface area contributed by atoms with Crippen LogP contribution in [0.5, 0.6) is 0 Å². The third-order valence-corrected chi connectivity index (χ3v) is 7.22. The van der Waals surface area contributed by atoms with Crippen molar-refractivity contribution in [2.75, 3.05) is 10.6 Å². The molecule has 0 spiro atoms. The summed E-state index contributed by atoms with van der Waals surface area (Å²) in [5.74, 6) is 0.549. The largest absolute Gasteiger partial charge is 0.480 e. The number of non-ortho nitro benzene ring substituents is 1. The molecule has 18 nitrogen and oxygen atoms in total. The number of nitro benzene ring substituents is 1. The summed E-state index contributed by atoms with van der Waals surface area (Å²) in [5.41, 5.74) is 0.761. The lowest BCUT2D eigenvalue weighted by Crippen LogP contribution is -2.52. The second-order valence-electron chi connectivity index (χ2n) is 13.9. The number of carbonyl (C=O) groups excluding carboxylic acids is 3. The van der Waals surface area contributed by atoms with Crippen molar-refractivity contribution in [1.29, 1.82) is 0 Å². The van der Waals surface area contributed by atoms with Crippen LogP contribution in [0.25, 0.3) is 0 Å². The molecule has 3 amide bonds. The fourth-order valence-corrected chi connectivity index (χ4v) is 4.77. The number of nitrogens with one attached hydrogen (secondary N) is 5. The molecular weight excluding hydrogens is 706 g/mol. The SMILES string of the molecule is CC(C)CC(NC(=O)Cc1ccc(N/C(=C/[N+](=O)[O-])Nc2ccc([N+](=O)[O-])cc2)cc1)C(=O)NC(CC#CCC(NC(=O)CC(C)(C)C)C(=O)O)C(=O)O. The van der Waals surface area contributed by atoms with E-state index in [0.29, 0.717) is 23.1 Å². The molecule has 3 atom stereocenters. The van der Waals surface area contributed by atoms with Gasteiger partial charge < -0.3 is 36.8 Å². The van der Waals surface area contributed by atoms with E-state index >= 15 is 0 Å². The van der Waals surface area contributed by atoms with Crippen LogP contribution in [0.15, 0.2) is 60.6 Å². The highest BCUT2D eigenvalue weighted by atomic mass is 16.6. The third kappa shape index (κ3) is 16.7. The van der Waals surface area contributed by atoms with Crippen molar-refractivity contribution in [2.24, 2.45) is 11.3 Å². The lowest BCUT2D eigenvalue weighted by atomic mass is 9.92. The molecule has 2 rings (SSSR count). The van der Waals surface area contributed by atoms with Gasteiger partial charge in [-0.25, -0.2) is 9.59 Å². The molecule has 18 heteroatoms. The predicted molar refractivity (Wildman–Crippen MR) is 197 cm³/mol. The minimum Gasteiger partial charge on any atom is -0.480 e. The second kappa shape index (κ2) is 20.5. The van der Waals surface area contributed by atoms with E-state index in [-0.39, 0.29) is 54.9 Å². The van der Waals surface area contributed by atoms with Crippen LogP contribution >= 0.6 is 0 Å². The minimum atomic E-state index is -1.47. The van der Waals surface area contributed by atoms with Gasteiger partial charge >= 0.3 is 11.9 Å². The van der Waals surface area contributed by atoms with Crippen LogP contribution in [-0.2, 0) is 30.4 Å². The molecule has 0 bridgehead atoms. The number of hydrogen-bond donors (Lipinski definition) is 7. The van der Waals surface area contributed by atoms with Crippen molar-refractivity contribution in [3.63, 3.8) is 0 Å². The van der Waals surface area contributed by atoms with E-state index in [4.69, 9.17) is 0 Å². The lowest BCUT2D eigenvalue weighted by molar-refractivity contribution is -0.403. The van der Waals surface area contributed by atoms with Crippen molar-refractivity contribution in [1.82, 2.24) is 16.0 Å². The molecule has 2 aromatic carbocycles. The Labute approximate surface area is 311 Å². The Balaban J connectivity index is 2.04. The molecule has 3 unspecified atom stereocenters.